The summed E-state index contributed by atoms with van der Waals surface area (Å²) in [5, 5.41) is 8.75. The first-order chi connectivity index (χ1) is 7.55. The van der Waals surface area contributed by atoms with Crippen molar-refractivity contribution in [3.8, 4) is 0 Å². The Morgan fingerprint density at radius 2 is 1.88 bits per heavy atom. The number of nitrogens with zero attached hydrogens (tertiary/aromatic N) is 1. The van der Waals surface area contributed by atoms with Crippen LogP contribution in [0.1, 0.15) is 0 Å². The molecule has 0 aliphatic rings. The number of hydrogen-bond donors (Lipinski definition) is 3. The van der Waals surface area contributed by atoms with Crippen LogP contribution in [0, 0.1) is 0 Å². The molecule has 17 heavy (non-hydrogen) atoms. The highest BCUT2D eigenvalue weighted by atomic mass is 31.2. The molecule has 0 radical (unpaired) electrons. The molecular formula is C8H19NO7P+. The van der Waals surface area contributed by atoms with Crippen molar-refractivity contribution in [2.24, 2.45) is 0 Å². The molecule has 0 saturated heterocycles. The van der Waals surface area contributed by atoms with Gasteiger partial charge in [-0.2, -0.15) is 0 Å². The van der Waals surface area contributed by atoms with Crippen LogP contribution in [0.2, 0.25) is 0 Å². The summed E-state index contributed by atoms with van der Waals surface area (Å²) in [6.45, 7) is -0.253. The number of quaternary nitrogens is 1. The fraction of sp³-hybridized carbons (Fsp3) is 0.875. The molecule has 0 saturated carbocycles. The quantitative estimate of drug-likeness (QED) is 0.300. The van der Waals surface area contributed by atoms with E-state index in [9.17, 15) is 9.36 Å². The number of phosphoric ester groups is 1. The largest absolute Gasteiger partial charge is 0.470 e. The van der Waals surface area contributed by atoms with Crippen LogP contribution in [-0.2, 0) is 18.6 Å². The first kappa shape index (κ1) is 16.5. The second kappa shape index (κ2) is 6.44. The van der Waals surface area contributed by atoms with Crippen molar-refractivity contribution >= 4 is 13.8 Å². The minimum atomic E-state index is -4.82. The molecule has 0 rings (SSSR count). The van der Waals surface area contributed by atoms with Crippen LogP contribution >= 0.6 is 7.82 Å². The summed E-state index contributed by atoms with van der Waals surface area (Å²) in [6.07, 6.45) is -1.66. The molecule has 9 heteroatoms. The van der Waals surface area contributed by atoms with Gasteiger partial charge < -0.3 is 24.1 Å². The van der Waals surface area contributed by atoms with E-state index in [1.54, 1.807) is 0 Å². The number of carbonyl (C=O) groups excluding carboxylic acids is 1. The van der Waals surface area contributed by atoms with Gasteiger partial charge in [0, 0.05) is 0 Å². The fourth-order valence-corrected chi connectivity index (χ4v) is 1.31. The number of ether oxygens (including phenoxy) is 1. The number of hydrogen-bond acceptors (Lipinski definition) is 5. The second-order valence-electron chi connectivity index (χ2n) is 4.45. The van der Waals surface area contributed by atoms with Gasteiger partial charge in [-0.3, -0.25) is 4.52 Å². The van der Waals surface area contributed by atoms with Crippen molar-refractivity contribution in [3.63, 3.8) is 0 Å². The standard InChI is InChI=1S/C8H18NO7P/c1-9(2,3)4-5-15-8(11)7(6-10)16-17(12,13)14/h7,10H,4-6H2,1-3H3,(H-,12,13,14)/p+1. The zero-order valence-electron chi connectivity index (χ0n) is 10.1. The average molecular weight is 272 g/mol. The molecule has 0 aromatic heterocycles. The molecule has 0 heterocycles. The monoisotopic (exact) mass is 272 g/mol. The molecule has 0 fully saturated rings. The number of likely N-dealkylation sites (N-methyl/N-ethyl adjacent to an activating group) is 1. The Morgan fingerprint density at radius 1 is 1.35 bits per heavy atom. The zero-order valence-corrected chi connectivity index (χ0v) is 11.0. The molecule has 0 bridgehead atoms. The van der Waals surface area contributed by atoms with Gasteiger partial charge in [0.25, 0.3) is 0 Å². The van der Waals surface area contributed by atoms with Crippen LogP contribution in [0.3, 0.4) is 0 Å². The lowest BCUT2D eigenvalue weighted by Crippen LogP contribution is -2.39. The molecular weight excluding hydrogens is 253 g/mol. The predicted octanol–water partition coefficient (Wildman–Crippen LogP) is -1.29. The Bertz CT molecular complexity index is 295. The molecule has 3 N–H and O–H groups in total. The van der Waals surface area contributed by atoms with Gasteiger partial charge in [0.1, 0.15) is 13.2 Å². The average Bonchev–Trinajstić information content (AvgIpc) is 2.10. The molecule has 8 nitrogen and oxygen atoms in total. The molecule has 1 atom stereocenters. The predicted molar refractivity (Wildman–Crippen MR) is 57.9 cm³/mol. The molecule has 0 aliphatic heterocycles. The first-order valence-electron chi connectivity index (χ1n) is 4.87. The van der Waals surface area contributed by atoms with Crippen LogP contribution in [0.5, 0.6) is 0 Å². The summed E-state index contributed by atoms with van der Waals surface area (Å²) in [7, 11) is 0.855. The van der Waals surface area contributed by atoms with E-state index in [1.807, 2.05) is 21.1 Å². The maximum Gasteiger partial charge on any atom is 0.470 e. The van der Waals surface area contributed by atoms with Gasteiger partial charge in [-0.1, -0.05) is 0 Å². The van der Waals surface area contributed by atoms with E-state index < -0.39 is 26.5 Å². The van der Waals surface area contributed by atoms with Crippen molar-refractivity contribution in [2.45, 2.75) is 6.10 Å². The van der Waals surface area contributed by atoms with Gasteiger partial charge in [-0.25, -0.2) is 9.36 Å². The lowest BCUT2D eigenvalue weighted by Gasteiger charge is -2.23. The van der Waals surface area contributed by atoms with E-state index in [0.717, 1.165) is 0 Å². The van der Waals surface area contributed by atoms with Gasteiger partial charge in [-0.05, 0) is 0 Å². The highest BCUT2D eigenvalue weighted by Gasteiger charge is 2.29. The van der Waals surface area contributed by atoms with E-state index >= 15 is 0 Å². The topological polar surface area (TPSA) is 113 Å². The maximum atomic E-state index is 11.3. The number of carbonyl (C=O) groups is 1. The zero-order chi connectivity index (χ0) is 13.7. The van der Waals surface area contributed by atoms with Gasteiger partial charge in [0.2, 0.25) is 0 Å². The van der Waals surface area contributed by atoms with Crippen molar-refractivity contribution in [1.29, 1.82) is 0 Å². The Balaban J connectivity index is 4.15. The van der Waals surface area contributed by atoms with Crippen LogP contribution < -0.4 is 0 Å². The minimum Gasteiger partial charge on any atom is -0.458 e. The number of aliphatic hydroxyl groups excluding tert-OH is 1. The molecule has 0 aliphatic carbocycles. The number of esters is 1. The SMILES string of the molecule is C[N+](C)(C)CCOC(=O)C(CO)OP(=O)(O)O. The molecule has 1 unspecified atom stereocenters. The third-order valence-electron chi connectivity index (χ3n) is 1.70. The van der Waals surface area contributed by atoms with E-state index in [-0.39, 0.29) is 6.61 Å². The molecule has 0 aromatic rings. The molecule has 0 amide bonds. The first-order valence-corrected chi connectivity index (χ1v) is 6.40. The Kier molecular flexibility index (Phi) is 6.25. The summed E-state index contributed by atoms with van der Waals surface area (Å²) in [5.74, 6) is -0.996. The van der Waals surface area contributed by atoms with Crippen LogP contribution in [0.15, 0.2) is 0 Å². The van der Waals surface area contributed by atoms with Crippen molar-refractivity contribution < 1.29 is 38.0 Å². The fourth-order valence-electron chi connectivity index (χ4n) is 0.830. The van der Waals surface area contributed by atoms with Gasteiger partial charge in [-0.15, -0.1) is 0 Å². The highest BCUT2D eigenvalue weighted by molar-refractivity contribution is 7.46. The summed E-state index contributed by atoms with van der Waals surface area (Å²) < 4.78 is 19.9. The number of aliphatic hydroxyl groups is 1. The van der Waals surface area contributed by atoms with Gasteiger partial charge in [0.15, 0.2) is 6.10 Å². The summed E-state index contributed by atoms with van der Waals surface area (Å²) in [4.78, 5) is 28.3. The van der Waals surface area contributed by atoms with Crippen molar-refractivity contribution in [2.75, 3.05) is 40.9 Å². The highest BCUT2D eigenvalue weighted by Crippen LogP contribution is 2.37. The number of phosphoric acid groups is 1. The minimum absolute atomic E-state index is 0.0728. The molecule has 102 valence electrons. The van der Waals surface area contributed by atoms with Crippen LogP contribution in [-0.4, -0.2) is 72.4 Å². The van der Waals surface area contributed by atoms with Gasteiger partial charge in [0.05, 0.1) is 27.7 Å². The van der Waals surface area contributed by atoms with E-state index in [1.165, 1.54) is 0 Å². The summed E-state index contributed by atoms with van der Waals surface area (Å²) in [5.41, 5.74) is 0. The number of rotatable bonds is 7. The third kappa shape index (κ3) is 9.22. The van der Waals surface area contributed by atoms with E-state index in [0.29, 0.717) is 11.0 Å². The van der Waals surface area contributed by atoms with Crippen molar-refractivity contribution in [1.82, 2.24) is 0 Å². The second-order valence-corrected chi connectivity index (χ2v) is 5.64. The van der Waals surface area contributed by atoms with Crippen molar-refractivity contribution in [3.05, 3.63) is 0 Å². The maximum absolute atomic E-state index is 11.3. The lowest BCUT2D eigenvalue weighted by molar-refractivity contribution is -0.870. The summed E-state index contributed by atoms with van der Waals surface area (Å²) in [6, 6.07) is 0. The smallest absolute Gasteiger partial charge is 0.458 e. The molecule has 0 spiro atoms. The summed E-state index contributed by atoms with van der Waals surface area (Å²) >= 11 is 0. The van der Waals surface area contributed by atoms with Crippen LogP contribution in [0.4, 0.5) is 0 Å². The lowest BCUT2D eigenvalue weighted by atomic mass is 10.4. The Labute approximate surface area is 99.6 Å². The van der Waals surface area contributed by atoms with Crippen LogP contribution in [0.25, 0.3) is 0 Å². The Hall–Kier alpha value is -0.500. The van der Waals surface area contributed by atoms with E-state index in [4.69, 9.17) is 19.6 Å². The molecule has 0 aromatic carbocycles. The Morgan fingerprint density at radius 3 is 2.24 bits per heavy atom. The third-order valence-corrected chi connectivity index (χ3v) is 2.23. The van der Waals surface area contributed by atoms with Gasteiger partial charge >= 0.3 is 13.8 Å². The normalized spacial score (nSPS) is 14.5. The van der Waals surface area contributed by atoms with E-state index in [2.05, 4.69) is 4.52 Å².